The second kappa shape index (κ2) is 18.8. The molecule has 3 aromatic carbocycles. The highest BCUT2D eigenvalue weighted by Crippen LogP contribution is 2.53. The van der Waals surface area contributed by atoms with Crippen LogP contribution in [0.2, 0.25) is 0 Å². The fraction of sp³-hybridized carbons (Fsp3) is 0.474. The van der Waals surface area contributed by atoms with Crippen molar-refractivity contribution in [1.82, 2.24) is 0 Å². The van der Waals surface area contributed by atoms with Crippen molar-refractivity contribution in [2.75, 3.05) is 13.2 Å². The molecule has 3 aromatic rings. The largest absolute Gasteiger partial charge is 0.494 e. The third-order valence-corrected chi connectivity index (χ3v) is 8.39. The zero-order chi connectivity index (χ0) is 40.3. The van der Waals surface area contributed by atoms with Crippen molar-refractivity contribution in [1.29, 1.82) is 0 Å². The Hall–Kier alpha value is -4.37. The Kier molecular flexibility index (Phi) is 15.3. The minimum absolute atomic E-state index is 0.0105. The number of halogens is 11. The van der Waals surface area contributed by atoms with Crippen molar-refractivity contribution in [3.8, 4) is 28.0 Å². The van der Waals surface area contributed by atoms with Gasteiger partial charge in [0, 0.05) is 11.1 Å². The summed E-state index contributed by atoms with van der Waals surface area (Å²) in [5.74, 6) is -26.3. The molecule has 3 rings (SSSR count). The van der Waals surface area contributed by atoms with E-state index in [4.69, 9.17) is 9.47 Å². The number of benzene rings is 3. The molecule has 0 spiro atoms. The molecule has 5 nitrogen and oxygen atoms in total. The lowest BCUT2D eigenvalue weighted by Crippen LogP contribution is -2.63. The Morgan fingerprint density at radius 1 is 0.630 bits per heavy atom. The monoisotopic (exact) mass is 784 g/mol. The van der Waals surface area contributed by atoms with Gasteiger partial charge in [-0.15, -0.1) is 0 Å². The molecule has 0 radical (unpaired) electrons. The molecule has 0 fully saturated rings. The Labute approximate surface area is 304 Å². The first-order chi connectivity index (χ1) is 25.3. The van der Waals surface area contributed by atoms with Crippen LogP contribution in [0.4, 0.5) is 48.3 Å². The predicted octanol–water partition coefficient (Wildman–Crippen LogP) is 11.8. The number of carbonyl (C=O) groups excluding carboxylic acids is 2. The van der Waals surface area contributed by atoms with E-state index in [1.54, 1.807) is 0 Å². The molecule has 0 aliphatic heterocycles. The highest BCUT2D eigenvalue weighted by molar-refractivity contribution is 5.90. The van der Waals surface area contributed by atoms with E-state index in [0.717, 1.165) is 32.1 Å². The van der Waals surface area contributed by atoms with E-state index in [2.05, 4.69) is 11.7 Å². The number of rotatable bonds is 20. The number of hydrogen-bond donors (Lipinski definition) is 0. The molecule has 1 atom stereocenters. The maximum atomic E-state index is 15.2. The number of esters is 2. The lowest BCUT2D eigenvalue weighted by Gasteiger charge is -2.32. The van der Waals surface area contributed by atoms with E-state index in [0.29, 0.717) is 29.7 Å². The van der Waals surface area contributed by atoms with E-state index in [1.807, 2.05) is 6.92 Å². The molecule has 16 heteroatoms. The van der Waals surface area contributed by atoms with Crippen molar-refractivity contribution >= 4 is 11.9 Å². The average Bonchev–Trinajstić information content (AvgIpc) is 3.12. The maximum absolute atomic E-state index is 15.2. The summed E-state index contributed by atoms with van der Waals surface area (Å²) >= 11 is 0. The summed E-state index contributed by atoms with van der Waals surface area (Å²) in [4.78, 5) is 23.8. The van der Waals surface area contributed by atoms with Gasteiger partial charge in [-0.25, -0.2) is 18.4 Å². The van der Waals surface area contributed by atoms with Crippen molar-refractivity contribution in [2.24, 2.45) is 0 Å². The number of carbonyl (C=O) groups is 2. The average molecular weight is 785 g/mol. The fourth-order valence-corrected chi connectivity index (χ4v) is 5.19. The third-order valence-electron chi connectivity index (χ3n) is 8.39. The molecule has 0 saturated carbocycles. The van der Waals surface area contributed by atoms with Crippen molar-refractivity contribution in [2.45, 2.75) is 102 Å². The normalized spacial score (nSPS) is 13.1. The zero-order valence-electron chi connectivity index (χ0n) is 29.3. The van der Waals surface area contributed by atoms with Gasteiger partial charge in [0.15, 0.2) is 11.6 Å². The van der Waals surface area contributed by atoms with Crippen LogP contribution in [0.15, 0.2) is 60.7 Å². The van der Waals surface area contributed by atoms with E-state index in [9.17, 15) is 49.1 Å². The number of alkyl halides is 9. The van der Waals surface area contributed by atoms with Gasteiger partial charge in [0.2, 0.25) is 0 Å². The summed E-state index contributed by atoms with van der Waals surface area (Å²) in [5.41, 5.74) is 0.943. The smallest absolute Gasteiger partial charge is 0.460 e. The van der Waals surface area contributed by atoms with Crippen LogP contribution in [0, 0.1) is 11.6 Å². The van der Waals surface area contributed by atoms with Crippen LogP contribution < -0.4 is 4.74 Å². The lowest BCUT2D eigenvalue weighted by molar-refractivity contribution is -0.390. The van der Waals surface area contributed by atoms with Crippen molar-refractivity contribution in [3.05, 3.63) is 77.9 Å². The standard InChI is InChI=1S/C38H39F11O5/c1-3-4-5-8-11-24(2)54-33(50)27-14-12-25(13-15-27)29-20-21-30(32(40)31(29)39)26-16-18-28(19-17-26)52-22-9-6-7-10-23-53-34(51)35(41,42)36(43,44)37(45,46)38(47,48)49/h12-21,24H,3-11,22-23H2,1-2H3. The minimum Gasteiger partial charge on any atom is -0.494 e. The molecule has 1 unspecified atom stereocenters. The zero-order valence-corrected chi connectivity index (χ0v) is 29.3. The Balaban J connectivity index is 1.45. The van der Waals surface area contributed by atoms with Crippen LogP contribution in [-0.4, -0.2) is 55.2 Å². The van der Waals surface area contributed by atoms with Gasteiger partial charge in [-0.1, -0.05) is 62.6 Å². The van der Waals surface area contributed by atoms with Crippen LogP contribution in [0.1, 0.15) is 82.0 Å². The minimum atomic E-state index is -7.19. The Morgan fingerprint density at radius 3 is 1.65 bits per heavy atom. The number of ether oxygens (including phenoxy) is 3. The van der Waals surface area contributed by atoms with Crippen LogP contribution in [0.25, 0.3) is 22.3 Å². The first-order valence-electron chi connectivity index (χ1n) is 17.2. The summed E-state index contributed by atoms with van der Waals surface area (Å²) in [5, 5.41) is 0. The fourth-order valence-electron chi connectivity index (χ4n) is 5.19. The van der Waals surface area contributed by atoms with Gasteiger partial charge in [0.25, 0.3) is 0 Å². The van der Waals surface area contributed by atoms with Crippen LogP contribution in [0.5, 0.6) is 5.75 Å². The van der Waals surface area contributed by atoms with Crippen LogP contribution >= 0.6 is 0 Å². The first-order valence-corrected chi connectivity index (χ1v) is 17.2. The molecule has 0 aromatic heterocycles. The quantitative estimate of drug-likeness (QED) is 0.0649. The van der Waals surface area contributed by atoms with Gasteiger partial charge < -0.3 is 14.2 Å². The third kappa shape index (κ3) is 10.6. The molecule has 0 amide bonds. The SMILES string of the molecule is CCCCCCC(C)OC(=O)c1ccc(-c2ccc(-c3ccc(OCCCCCCOC(=O)C(F)(F)C(F)(F)C(F)(F)C(F)(F)F)cc3)c(F)c2F)cc1. The van der Waals surface area contributed by atoms with E-state index in [1.165, 1.54) is 60.7 Å². The van der Waals surface area contributed by atoms with Gasteiger partial charge in [0.1, 0.15) is 5.75 Å². The molecular formula is C38H39F11O5. The molecule has 0 bridgehead atoms. The summed E-state index contributed by atoms with van der Waals surface area (Å²) in [6.45, 7) is 3.11. The molecular weight excluding hydrogens is 745 g/mol. The Bertz CT molecular complexity index is 1670. The van der Waals surface area contributed by atoms with Crippen molar-refractivity contribution in [3.63, 3.8) is 0 Å². The topological polar surface area (TPSA) is 61.8 Å². The van der Waals surface area contributed by atoms with Gasteiger partial charge in [-0.2, -0.15) is 39.5 Å². The van der Waals surface area contributed by atoms with Gasteiger partial charge in [0.05, 0.1) is 24.9 Å². The molecule has 54 heavy (non-hydrogen) atoms. The highest BCUT2D eigenvalue weighted by atomic mass is 19.4. The van der Waals surface area contributed by atoms with E-state index < -0.39 is 54.1 Å². The predicted molar refractivity (Wildman–Crippen MR) is 177 cm³/mol. The van der Waals surface area contributed by atoms with Crippen LogP contribution in [0.3, 0.4) is 0 Å². The molecule has 0 heterocycles. The summed E-state index contributed by atoms with van der Waals surface area (Å²) in [6.07, 6.45) is -1.68. The van der Waals surface area contributed by atoms with Gasteiger partial charge in [-0.05, 0) is 80.8 Å². The molecule has 0 saturated heterocycles. The summed E-state index contributed by atoms with van der Waals surface area (Å²) < 4.78 is 161. The number of hydrogen-bond acceptors (Lipinski definition) is 5. The molecule has 0 N–H and O–H groups in total. The van der Waals surface area contributed by atoms with Gasteiger partial charge >= 0.3 is 35.9 Å². The van der Waals surface area contributed by atoms with Gasteiger partial charge in [-0.3, -0.25) is 0 Å². The summed E-state index contributed by atoms with van der Waals surface area (Å²) in [6, 6.07) is 14.8. The Morgan fingerprint density at radius 2 is 1.13 bits per heavy atom. The van der Waals surface area contributed by atoms with Crippen LogP contribution in [-0.2, 0) is 14.3 Å². The van der Waals surface area contributed by atoms with E-state index >= 15 is 8.78 Å². The first kappa shape index (κ1) is 44.0. The molecule has 0 aliphatic carbocycles. The highest BCUT2D eigenvalue weighted by Gasteiger charge is 2.84. The lowest BCUT2D eigenvalue weighted by atomic mass is 9.98. The maximum Gasteiger partial charge on any atom is 0.460 e. The second-order valence-electron chi connectivity index (χ2n) is 12.6. The van der Waals surface area contributed by atoms with Crippen molar-refractivity contribution < 1.29 is 72.1 Å². The molecule has 0 aliphatic rings. The molecule has 298 valence electrons. The van der Waals surface area contributed by atoms with E-state index in [-0.39, 0.29) is 42.2 Å². The number of unbranched alkanes of at least 4 members (excludes halogenated alkanes) is 6. The summed E-state index contributed by atoms with van der Waals surface area (Å²) in [7, 11) is 0. The second-order valence-corrected chi connectivity index (χ2v) is 12.6.